The molecular formula is C23H21NO. The molecule has 2 nitrogen and oxygen atoms in total. The van der Waals surface area contributed by atoms with E-state index in [-0.39, 0.29) is 0 Å². The average Bonchev–Trinajstić information content (AvgIpc) is 2.98. The Kier molecular flexibility index (Phi) is 3.05. The normalized spacial score (nSPS) is 14.8. The van der Waals surface area contributed by atoms with Crippen molar-refractivity contribution in [3.05, 3.63) is 65.4 Å². The molecule has 0 amide bonds. The molecule has 124 valence electrons. The second-order valence-electron chi connectivity index (χ2n) is 7.41. The van der Waals surface area contributed by atoms with Gasteiger partial charge in [0.2, 0.25) is 0 Å². The number of pyridine rings is 1. The minimum Gasteiger partial charge on any atom is -0.312 e. The zero-order valence-electron chi connectivity index (χ0n) is 14.7. The summed E-state index contributed by atoms with van der Waals surface area (Å²) in [6.45, 7) is 4.53. The van der Waals surface area contributed by atoms with E-state index >= 15 is 0 Å². The highest BCUT2D eigenvalue weighted by Crippen LogP contribution is 2.40. The molecule has 0 bridgehead atoms. The SMILES string of the molecule is CC(C)c1c2ccccc2n2c3c(c4ccccc4c12)C(=O)CCC3. The third kappa shape index (κ3) is 1.88. The number of benzene rings is 2. The number of Topliss-reactive ketones (excluding diaryl/α,β-unsaturated/α-hetero) is 1. The fourth-order valence-electron chi connectivity index (χ4n) is 4.66. The zero-order chi connectivity index (χ0) is 17.1. The highest BCUT2D eigenvalue weighted by Gasteiger charge is 2.27. The van der Waals surface area contributed by atoms with Gasteiger partial charge in [0.25, 0.3) is 0 Å². The van der Waals surface area contributed by atoms with Gasteiger partial charge in [0.15, 0.2) is 5.78 Å². The Balaban J connectivity index is 2.16. The second-order valence-corrected chi connectivity index (χ2v) is 7.41. The van der Waals surface area contributed by atoms with Crippen molar-refractivity contribution in [2.24, 2.45) is 0 Å². The fourth-order valence-corrected chi connectivity index (χ4v) is 4.66. The Bertz CT molecular complexity index is 1160. The molecule has 5 rings (SSSR count). The van der Waals surface area contributed by atoms with E-state index in [4.69, 9.17) is 0 Å². The third-order valence-corrected chi connectivity index (χ3v) is 5.60. The summed E-state index contributed by atoms with van der Waals surface area (Å²) in [4.78, 5) is 12.8. The quantitative estimate of drug-likeness (QED) is 0.427. The van der Waals surface area contributed by atoms with Crippen molar-refractivity contribution in [2.75, 3.05) is 0 Å². The van der Waals surface area contributed by atoms with Gasteiger partial charge in [0, 0.05) is 28.5 Å². The molecule has 2 heterocycles. The van der Waals surface area contributed by atoms with E-state index in [1.807, 2.05) is 0 Å². The summed E-state index contributed by atoms with van der Waals surface area (Å²) in [6, 6.07) is 17.1. The first-order valence-electron chi connectivity index (χ1n) is 9.18. The monoisotopic (exact) mass is 327 g/mol. The predicted molar refractivity (Wildman–Crippen MR) is 104 cm³/mol. The van der Waals surface area contributed by atoms with Crippen LogP contribution in [0.5, 0.6) is 0 Å². The van der Waals surface area contributed by atoms with Gasteiger partial charge in [-0.3, -0.25) is 4.79 Å². The molecule has 0 unspecified atom stereocenters. The maximum absolute atomic E-state index is 12.8. The first-order chi connectivity index (χ1) is 12.2. The molecule has 0 fully saturated rings. The number of carbonyl (C=O) groups excluding carboxylic acids is 1. The van der Waals surface area contributed by atoms with Crippen molar-refractivity contribution in [3.8, 4) is 0 Å². The summed E-state index contributed by atoms with van der Waals surface area (Å²) in [5.74, 6) is 0.721. The first-order valence-corrected chi connectivity index (χ1v) is 9.18. The molecule has 0 saturated heterocycles. The smallest absolute Gasteiger partial charge is 0.165 e. The van der Waals surface area contributed by atoms with Crippen LogP contribution < -0.4 is 0 Å². The largest absolute Gasteiger partial charge is 0.312 e. The average molecular weight is 327 g/mol. The van der Waals surface area contributed by atoms with Gasteiger partial charge in [-0.15, -0.1) is 0 Å². The predicted octanol–water partition coefficient (Wildman–Crippen LogP) is 5.89. The molecule has 4 aromatic rings. The van der Waals surface area contributed by atoms with Crippen molar-refractivity contribution >= 4 is 33.0 Å². The number of ketones is 1. The maximum Gasteiger partial charge on any atom is 0.165 e. The van der Waals surface area contributed by atoms with Crippen LogP contribution in [0.4, 0.5) is 0 Å². The number of fused-ring (bicyclic) bond motifs is 8. The summed E-state index contributed by atoms with van der Waals surface area (Å²) >= 11 is 0. The topological polar surface area (TPSA) is 21.5 Å². The van der Waals surface area contributed by atoms with Crippen molar-refractivity contribution in [1.29, 1.82) is 0 Å². The molecular weight excluding hydrogens is 306 g/mol. The summed E-state index contributed by atoms with van der Waals surface area (Å²) in [6.07, 6.45) is 2.58. The fraction of sp³-hybridized carbons (Fsp3) is 0.261. The van der Waals surface area contributed by atoms with E-state index in [9.17, 15) is 4.79 Å². The van der Waals surface area contributed by atoms with Gasteiger partial charge in [0.05, 0.1) is 11.0 Å². The van der Waals surface area contributed by atoms with Gasteiger partial charge in [-0.2, -0.15) is 0 Å². The summed E-state index contributed by atoms with van der Waals surface area (Å²) < 4.78 is 2.39. The highest BCUT2D eigenvalue weighted by molar-refractivity contribution is 6.16. The summed E-state index contributed by atoms with van der Waals surface area (Å²) in [5.41, 5.74) is 6.07. The van der Waals surface area contributed by atoms with Crippen molar-refractivity contribution in [3.63, 3.8) is 0 Å². The minimum atomic E-state index is 0.295. The van der Waals surface area contributed by atoms with Crippen LogP contribution in [0.1, 0.15) is 54.2 Å². The van der Waals surface area contributed by atoms with E-state index in [1.165, 1.54) is 33.1 Å². The van der Waals surface area contributed by atoms with Crippen molar-refractivity contribution < 1.29 is 4.79 Å². The molecule has 2 aromatic carbocycles. The highest BCUT2D eigenvalue weighted by atomic mass is 16.1. The molecule has 2 aromatic heterocycles. The van der Waals surface area contributed by atoms with E-state index in [0.29, 0.717) is 18.1 Å². The number of hydrogen-bond donors (Lipinski definition) is 0. The van der Waals surface area contributed by atoms with E-state index in [1.54, 1.807) is 0 Å². The van der Waals surface area contributed by atoms with Crippen molar-refractivity contribution in [1.82, 2.24) is 4.40 Å². The van der Waals surface area contributed by atoms with Crippen molar-refractivity contribution in [2.45, 2.75) is 39.0 Å². The number of nitrogens with zero attached hydrogens (tertiary/aromatic N) is 1. The summed E-state index contributed by atoms with van der Waals surface area (Å²) in [7, 11) is 0. The van der Waals surface area contributed by atoms with Gasteiger partial charge in [-0.05, 0) is 35.8 Å². The molecule has 0 radical (unpaired) electrons. The third-order valence-electron chi connectivity index (χ3n) is 5.60. The molecule has 0 atom stereocenters. The van der Waals surface area contributed by atoms with Gasteiger partial charge >= 0.3 is 0 Å². The summed E-state index contributed by atoms with van der Waals surface area (Å²) in [5, 5.41) is 3.64. The van der Waals surface area contributed by atoms with Crippen LogP contribution in [-0.4, -0.2) is 10.2 Å². The second kappa shape index (κ2) is 5.19. The Morgan fingerprint density at radius 1 is 0.880 bits per heavy atom. The Morgan fingerprint density at radius 2 is 1.56 bits per heavy atom. The maximum atomic E-state index is 12.8. The Hall–Kier alpha value is -2.61. The Labute approximate surface area is 147 Å². The van der Waals surface area contributed by atoms with E-state index < -0.39 is 0 Å². The van der Waals surface area contributed by atoms with Gasteiger partial charge in [-0.1, -0.05) is 56.3 Å². The van der Waals surface area contributed by atoms with Crippen LogP contribution in [0.25, 0.3) is 27.2 Å². The number of aryl methyl sites for hydroxylation is 1. The standard InChI is InChI=1S/C23H21NO/c1-14(2)21-17-10-5-6-11-18(17)24-19-12-7-13-20(25)22(19)15-8-3-4-9-16(15)23(21)24/h3-6,8-11,14H,7,12-13H2,1-2H3. The van der Waals surface area contributed by atoms with E-state index in [2.05, 4.69) is 66.8 Å². The van der Waals surface area contributed by atoms with Crippen LogP contribution in [0.2, 0.25) is 0 Å². The lowest BCUT2D eigenvalue weighted by atomic mass is 9.89. The molecule has 0 aliphatic heterocycles. The zero-order valence-corrected chi connectivity index (χ0v) is 14.7. The number of rotatable bonds is 1. The lowest BCUT2D eigenvalue weighted by Gasteiger charge is -2.21. The molecule has 1 aliphatic carbocycles. The van der Waals surface area contributed by atoms with Crippen LogP contribution in [0.3, 0.4) is 0 Å². The van der Waals surface area contributed by atoms with Crippen LogP contribution >= 0.6 is 0 Å². The minimum absolute atomic E-state index is 0.295. The first kappa shape index (κ1) is 14.7. The number of para-hydroxylation sites is 1. The van der Waals surface area contributed by atoms with Gasteiger partial charge < -0.3 is 4.40 Å². The molecule has 0 spiro atoms. The van der Waals surface area contributed by atoms with Gasteiger partial charge in [0.1, 0.15) is 0 Å². The molecule has 0 saturated carbocycles. The number of aromatic nitrogens is 1. The van der Waals surface area contributed by atoms with E-state index in [0.717, 1.165) is 23.8 Å². The lowest BCUT2D eigenvalue weighted by molar-refractivity contribution is 0.0973. The Morgan fingerprint density at radius 3 is 2.32 bits per heavy atom. The lowest BCUT2D eigenvalue weighted by Crippen LogP contribution is -2.15. The van der Waals surface area contributed by atoms with Crippen LogP contribution in [-0.2, 0) is 6.42 Å². The molecule has 0 N–H and O–H groups in total. The number of carbonyl (C=O) groups is 1. The van der Waals surface area contributed by atoms with Crippen LogP contribution in [0, 0.1) is 0 Å². The van der Waals surface area contributed by atoms with Gasteiger partial charge in [-0.25, -0.2) is 0 Å². The van der Waals surface area contributed by atoms with Crippen LogP contribution in [0.15, 0.2) is 48.5 Å². The molecule has 25 heavy (non-hydrogen) atoms. The molecule has 1 aliphatic rings. The number of hydrogen-bond acceptors (Lipinski definition) is 1. The molecule has 2 heteroatoms.